The third-order valence-electron chi connectivity index (χ3n) is 2.60. The standard InChI is InChI=1S/C13H15N3O2S/c1-8(2)11-14-13(16-15-11)19-7-9-3-5-10(6-4-9)12(17)18/h3-6,8H,7H2,1-2H3,(H,17,18)(H,14,15,16). The van der Waals surface area contributed by atoms with Gasteiger partial charge in [0.25, 0.3) is 0 Å². The molecular formula is C13H15N3O2S. The number of benzene rings is 1. The maximum Gasteiger partial charge on any atom is 0.335 e. The summed E-state index contributed by atoms with van der Waals surface area (Å²) in [6.07, 6.45) is 0. The zero-order chi connectivity index (χ0) is 13.8. The van der Waals surface area contributed by atoms with Gasteiger partial charge in [0.2, 0.25) is 5.16 Å². The summed E-state index contributed by atoms with van der Waals surface area (Å²) >= 11 is 1.53. The minimum absolute atomic E-state index is 0.300. The maximum atomic E-state index is 10.7. The Bertz CT molecular complexity index is 564. The first-order chi connectivity index (χ1) is 9.06. The van der Waals surface area contributed by atoms with Crippen LogP contribution in [0.2, 0.25) is 0 Å². The first-order valence-electron chi connectivity index (χ1n) is 5.93. The molecule has 2 aromatic rings. The first-order valence-corrected chi connectivity index (χ1v) is 6.92. The average Bonchev–Trinajstić information content (AvgIpc) is 2.86. The van der Waals surface area contributed by atoms with Crippen LogP contribution in [0.3, 0.4) is 0 Å². The van der Waals surface area contributed by atoms with E-state index in [0.29, 0.717) is 16.6 Å². The molecule has 2 rings (SSSR count). The molecule has 0 saturated carbocycles. The fraction of sp³-hybridized carbons (Fsp3) is 0.308. The van der Waals surface area contributed by atoms with E-state index in [1.165, 1.54) is 11.8 Å². The van der Waals surface area contributed by atoms with E-state index in [-0.39, 0.29) is 0 Å². The van der Waals surface area contributed by atoms with Crippen molar-refractivity contribution in [2.24, 2.45) is 0 Å². The lowest BCUT2D eigenvalue weighted by molar-refractivity contribution is 0.0697. The number of rotatable bonds is 5. The molecule has 1 aromatic heterocycles. The second-order valence-corrected chi connectivity index (χ2v) is 5.39. The number of hydrogen-bond donors (Lipinski definition) is 2. The van der Waals surface area contributed by atoms with Crippen molar-refractivity contribution < 1.29 is 9.90 Å². The Balaban J connectivity index is 1.96. The molecule has 0 aliphatic heterocycles. The van der Waals surface area contributed by atoms with Gasteiger partial charge in [-0.25, -0.2) is 9.78 Å². The number of hydrogen-bond acceptors (Lipinski definition) is 4. The number of aromatic amines is 1. The molecule has 1 heterocycles. The fourth-order valence-electron chi connectivity index (χ4n) is 1.47. The van der Waals surface area contributed by atoms with Crippen LogP contribution in [0.25, 0.3) is 0 Å². The van der Waals surface area contributed by atoms with E-state index >= 15 is 0 Å². The molecule has 0 saturated heterocycles. The Labute approximate surface area is 115 Å². The molecule has 0 amide bonds. The molecule has 0 radical (unpaired) electrons. The van der Waals surface area contributed by atoms with Crippen LogP contribution >= 0.6 is 11.8 Å². The normalized spacial score (nSPS) is 10.9. The summed E-state index contributed by atoms with van der Waals surface area (Å²) in [4.78, 5) is 15.1. The topological polar surface area (TPSA) is 78.9 Å². The van der Waals surface area contributed by atoms with Crippen LogP contribution in [0.4, 0.5) is 0 Å². The van der Waals surface area contributed by atoms with E-state index in [0.717, 1.165) is 17.1 Å². The molecule has 19 heavy (non-hydrogen) atoms. The Kier molecular flexibility index (Phi) is 4.21. The van der Waals surface area contributed by atoms with Gasteiger partial charge in [0.15, 0.2) is 0 Å². The predicted molar refractivity (Wildman–Crippen MR) is 73.4 cm³/mol. The molecule has 0 aliphatic carbocycles. The van der Waals surface area contributed by atoms with Crippen LogP contribution in [-0.4, -0.2) is 26.3 Å². The Hall–Kier alpha value is -1.82. The largest absolute Gasteiger partial charge is 0.478 e. The molecule has 0 atom stereocenters. The van der Waals surface area contributed by atoms with Gasteiger partial charge >= 0.3 is 5.97 Å². The molecule has 0 fully saturated rings. The van der Waals surface area contributed by atoms with Crippen molar-refractivity contribution in [2.45, 2.75) is 30.7 Å². The van der Waals surface area contributed by atoms with Gasteiger partial charge in [0, 0.05) is 11.7 Å². The van der Waals surface area contributed by atoms with Crippen LogP contribution < -0.4 is 0 Å². The highest BCUT2D eigenvalue weighted by molar-refractivity contribution is 7.98. The van der Waals surface area contributed by atoms with Gasteiger partial charge in [0.1, 0.15) is 5.82 Å². The Morgan fingerprint density at radius 1 is 1.37 bits per heavy atom. The first kappa shape index (κ1) is 13.6. The second-order valence-electron chi connectivity index (χ2n) is 4.45. The molecule has 0 unspecified atom stereocenters. The lowest BCUT2D eigenvalue weighted by atomic mass is 10.1. The van der Waals surface area contributed by atoms with Gasteiger partial charge in [-0.15, -0.1) is 5.10 Å². The minimum Gasteiger partial charge on any atom is -0.478 e. The van der Waals surface area contributed by atoms with Crippen molar-refractivity contribution in [1.29, 1.82) is 0 Å². The van der Waals surface area contributed by atoms with Crippen LogP contribution in [0.1, 0.15) is 41.5 Å². The van der Waals surface area contributed by atoms with Crippen molar-refractivity contribution in [2.75, 3.05) is 0 Å². The molecule has 2 N–H and O–H groups in total. The quantitative estimate of drug-likeness (QED) is 0.821. The molecule has 1 aromatic carbocycles. The van der Waals surface area contributed by atoms with E-state index in [1.807, 2.05) is 12.1 Å². The second kappa shape index (κ2) is 5.88. The van der Waals surface area contributed by atoms with Crippen LogP contribution in [-0.2, 0) is 5.75 Å². The number of nitrogens with zero attached hydrogens (tertiary/aromatic N) is 2. The summed E-state index contributed by atoms with van der Waals surface area (Å²) in [7, 11) is 0. The summed E-state index contributed by atoms with van der Waals surface area (Å²) in [5, 5.41) is 16.6. The zero-order valence-electron chi connectivity index (χ0n) is 10.8. The maximum absolute atomic E-state index is 10.7. The number of aromatic nitrogens is 3. The molecular weight excluding hydrogens is 262 g/mol. The van der Waals surface area contributed by atoms with Gasteiger partial charge in [-0.05, 0) is 17.7 Å². The van der Waals surface area contributed by atoms with Gasteiger partial charge in [-0.1, -0.05) is 37.7 Å². The summed E-state index contributed by atoms with van der Waals surface area (Å²) in [6.45, 7) is 4.11. The van der Waals surface area contributed by atoms with E-state index in [2.05, 4.69) is 29.0 Å². The third-order valence-corrected chi connectivity index (χ3v) is 3.52. The third kappa shape index (κ3) is 3.57. The van der Waals surface area contributed by atoms with Gasteiger partial charge in [-0.2, -0.15) is 0 Å². The molecule has 6 heteroatoms. The highest BCUT2D eigenvalue weighted by Crippen LogP contribution is 2.20. The zero-order valence-corrected chi connectivity index (χ0v) is 11.6. The summed E-state index contributed by atoms with van der Waals surface area (Å²) in [6, 6.07) is 6.84. The number of aromatic carboxylic acids is 1. The van der Waals surface area contributed by atoms with Crippen molar-refractivity contribution in [3.8, 4) is 0 Å². The Morgan fingerprint density at radius 2 is 2.05 bits per heavy atom. The van der Waals surface area contributed by atoms with Gasteiger partial charge in [-0.3, -0.25) is 5.10 Å². The number of H-pyrrole nitrogens is 1. The summed E-state index contributed by atoms with van der Waals surface area (Å²) < 4.78 is 0. The lowest BCUT2D eigenvalue weighted by Crippen LogP contribution is -1.95. The molecule has 0 aliphatic rings. The monoisotopic (exact) mass is 277 g/mol. The van der Waals surface area contributed by atoms with E-state index in [1.54, 1.807) is 12.1 Å². The number of thioether (sulfide) groups is 1. The van der Waals surface area contributed by atoms with Gasteiger partial charge in [0.05, 0.1) is 5.56 Å². The SMILES string of the molecule is CC(C)c1nc(SCc2ccc(C(=O)O)cc2)n[nH]1. The van der Waals surface area contributed by atoms with E-state index < -0.39 is 5.97 Å². The molecule has 5 nitrogen and oxygen atoms in total. The fourth-order valence-corrected chi connectivity index (χ4v) is 2.23. The highest BCUT2D eigenvalue weighted by atomic mass is 32.2. The van der Waals surface area contributed by atoms with Crippen molar-refractivity contribution in [3.63, 3.8) is 0 Å². The molecule has 0 bridgehead atoms. The lowest BCUT2D eigenvalue weighted by Gasteiger charge is -1.99. The summed E-state index contributed by atoms with van der Waals surface area (Å²) in [5.74, 6) is 1.02. The van der Waals surface area contributed by atoms with Crippen LogP contribution in [0.5, 0.6) is 0 Å². The number of carbonyl (C=O) groups is 1. The van der Waals surface area contributed by atoms with Crippen molar-refractivity contribution in [3.05, 3.63) is 41.2 Å². The molecule has 0 spiro atoms. The number of nitrogens with one attached hydrogen (secondary N) is 1. The number of carboxylic acid groups (broad SMARTS) is 1. The Morgan fingerprint density at radius 3 is 2.58 bits per heavy atom. The van der Waals surface area contributed by atoms with E-state index in [4.69, 9.17) is 5.11 Å². The van der Waals surface area contributed by atoms with E-state index in [9.17, 15) is 4.79 Å². The summed E-state index contributed by atoms with van der Waals surface area (Å²) in [5.41, 5.74) is 1.35. The highest BCUT2D eigenvalue weighted by Gasteiger charge is 2.07. The van der Waals surface area contributed by atoms with Crippen molar-refractivity contribution >= 4 is 17.7 Å². The minimum atomic E-state index is -0.908. The van der Waals surface area contributed by atoms with Crippen LogP contribution in [0.15, 0.2) is 29.4 Å². The smallest absolute Gasteiger partial charge is 0.335 e. The van der Waals surface area contributed by atoms with Crippen molar-refractivity contribution in [1.82, 2.24) is 15.2 Å². The van der Waals surface area contributed by atoms with Crippen LogP contribution in [0, 0.1) is 0 Å². The van der Waals surface area contributed by atoms with Gasteiger partial charge < -0.3 is 5.11 Å². The molecule has 100 valence electrons. The predicted octanol–water partition coefficient (Wildman–Crippen LogP) is 2.92. The average molecular weight is 277 g/mol. The number of carboxylic acids is 1.